The molecule has 6 atom stereocenters. The van der Waals surface area contributed by atoms with Crippen LogP contribution in [0.15, 0.2) is 54.6 Å². The fourth-order valence-corrected chi connectivity index (χ4v) is 19.3. The molecule has 3 unspecified atom stereocenters. The molecule has 6 amide bonds. The molecule has 6 saturated heterocycles. The third-order valence-corrected chi connectivity index (χ3v) is 25.8. The largest absolute Gasteiger partial charge is 0.381 e. The van der Waals surface area contributed by atoms with Crippen molar-refractivity contribution in [3.63, 3.8) is 0 Å². The van der Waals surface area contributed by atoms with E-state index in [1.54, 1.807) is 0 Å². The monoisotopic (exact) mass is 1350 g/mol. The number of ether oxygens (including phenoxy) is 3. The average Bonchev–Trinajstić information content (AvgIpc) is 1.61. The van der Waals surface area contributed by atoms with Gasteiger partial charge in [-0.15, -0.1) is 0 Å². The van der Waals surface area contributed by atoms with E-state index < -0.39 is 0 Å². The highest BCUT2D eigenvalue weighted by molar-refractivity contribution is 6.02. The highest BCUT2D eigenvalue weighted by Crippen LogP contribution is 2.44. The Hall–Kier alpha value is -7.02. The van der Waals surface area contributed by atoms with E-state index in [-0.39, 0.29) is 53.2 Å². The number of carbonyl (C=O) groups is 6. The van der Waals surface area contributed by atoms with Crippen LogP contribution >= 0.6 is 0 Å². The average molecular weight is 1350 g/mol. The normalized spacial score (nSPS) is 25.9. The van der Waals surface area contributed by atoms with Gasteiger partial charge in [0.1, 0.15) is 0 Å². The molecule has 3 N–H and O–H groups in total. The molecule has 0 radical (unpaired) electrons. The van der Waals surface area contributed by atoms with Crippen molar-refractivity contribution >= 4 is 68.2 Å². The first-order valence-corrected chi connectivity index (χ1v) is 38.6. The second kappa shape index (κ2) is 28.4. The van der Waals surface area contributed by atoms with E-state index in [0.717, 1.165) is 188 Å². The maximum atomic E-state index is 13.4. The summed E-state index contributed by atoms with van der Waals surface area (Å²) in [5.41, 5.74) is 14.6. The molecule has 0 bridgehead atoms. The van der Waals surface area contributed by atoms with Crippen LogP contribution in [0.5, 0.6) is 0 Å². The minimum Gasteiger partial charge on any atom is -0.381 e. The lowest BCUT2D eigenvalue weighted by Crippen LogP contribution is -2.35. The van der Waals surface area contributed by atoms with Crippen molar-refractivity contribution in [3.8, 4) is 0 Å². The highest BCUT2D eigenvalue weighted by Gasteiger charge is 2.40. The SMILES string of the molecule is Cn1c2c(c3cc(C(=O)N4CC[C@@H](C(=O)NC5CC5)C4)ccc31)CC(C1CCOCC1)CC2.Cn1c2c(c3cc(C(=O)N4CC[C@@H](C(=O)NC5CC5)C4)ccc31)CC(C1CCOCC1)CC2.Cn1c2c(c3cc(C(=O)N4CC[C@@H](C(=O)NC5CC5)C4)ccc31)CC(C1CCOCC1)CC2. The number of nitrogens with one attached hydrogen (secondary N) is 3. The first-order valence-electron chi connectivity index (χ1n) is 38.6. The number of benzene rings is 3. The predicted molar refractivity (Wildman–Crippen MR) is 381 cm³/mol. The molecule has 18 rings (SSSR count). The molecule has 18 heteroatoms. The van der Waals surface area contributed by atoms with Gasteiger partial charge >= 0.3 is 0 Å². The molecule has 6 aliphatic heterocycles. The van der Waals surface area contributed by atoms with Crippen molar-refractivity contribution in [2.75, 3.05) is 78.9 Å². The van der Waals surface area contributed by atoms with Gasteiger partial charge in [0.2, 0.25) is 17.7 Å². The van der Waals surface area contributed by atoms with Crippen LogP contribution in [-0.2, 0) is 88.3 Å². The lowest BCUT2D eigenvalue weighted by Gasteiger charge is -2.33. The van der Waals surface area contributed by atoms with Crippen molar-refractivity contribution in [2.24, 2.45) is 74.4 Å². The van der Waals surface area contributed by atoms with E-state index in [0.29, 0.717) is 57.4 Å². The Labute approximate surface area is 583 Å². The number of aryl methyl sites for hydroxylation is 3. The van der Waals surface area contributed by atoms with Gasteiger partial charge in [-0.3, -0.25) is 28.8 Å². The molecule has 528 valence electrons. The summed E-state index contributed by atoms with van der Waals surface area (Å²) >= 11 is 0. The Kier molecular flexibility index (Phi) is 19.1. The minimum atomic E-state index is -0.0667. The van der Waals surface area contributed by atoms with Crippen molar-refractivity contribution in [2.45, 2.75) is 172 Å². The predicted octanol–water partition coefficient (Wildman–Crippen LogP) is 10.4. The summed E-state index contributed by atoms with van der Waals surface area (Å²) in [6, 6.07) is 19.8. The molecule has 6 aromatic rings. The van der Waals surface area contributed by atoms with Crippen LogP contribution in [0.1, 0.15) is 180 Å². The van der Waals surface area contributed by atoms with E-state index in [1.165, 1.54) is 124 Å². The van der Waals surface area contributed by atoms with Crippen LogP contribution in [0.2, 0.25) is 0 Å². The van der Waals surface area contributed by atoms with Crippen LogP contribution in [-0.4, -0.2) is 161 Å². The van der Waals surface area contributed by atoms with E-state index >= 15 is 0 Å². The van der Waals surface area contributed by atoms with Gasteiger partial charge in [-0.1, -0.05) is 0 Å². The Morgan fingerprint density at radius 1 is 0.343 bits per heavy atom. The minimum absolute atomic E-state index is 0.0630. The van der Waals surface area contributed by atoms with Crippen molar-refractivity contribution in [3.05, 3.63) is 105 Å². The second-order valence-corrected chi connectivity index (χ2v) is 32.1. The summed E-state index contributed by atoms with van der Waals surface area (Å²) in [5.74, 6) is 4.80. The van der Waals surface area contributed by atoms with Gasteiger partial charge in [-0.05, 0) is 261 Å². The Bertz CT molecular complexity index is 3650. The molecular weight excluding hydrogens is 1240 g/mol. The third kappa shape index (κ3) is 14.0. The van der Waals surface area contributed by atoms with Gasteiger partial charge in [0, 0.05) is 185 Å². The van der Waals surface area contributed by atoms with E-state index in [9.17, 15) is 28.8 Å². The Morgan fingerprint density at radius 2 is 0.616 bits per heavy atom. The lowest BCUT2D eigenvalue weighted by atomic mass is 9.75. The second-order valence-electron chi connectivity index (χ2n) is 32.1. The fourth-order valence-electron chi connectivity index (χ4n) is 19.3. The molecule has 3 aromatic heterocycles. The molecule has 6 aliphatic carbocycles. The Balaban J connectivity index is 0.000000116. The smallest absolute Gasteiger partial charge is 0.253 e. The Morgan fingerprint density at radius 3 is 0.879 bits per heavy atom. The third-order valence-electron chi connectivity index (χ3n) is 25.8. The zero-order chi connectivity index (χ0) is 67.6. The molecule has 9 fully saturated rings. The van der Waals surface area contributed by atoms with Crippen molar-refractivity contribution in [1.82, 2.24) is 44.4 Å². The number of amides is 6. The molecule has 18 nitrogen and oxygen atoms in total. The van der Waals surface area contributed by atoms with Crippen LogP contribution in [0.4, 0.5) is 0 Å². The maximum Gasteiger partial charge on any atom is 0.253 e. The summed E-state index contributed by atoms with van der Waals surface area (Å²) in [6.07, 6.45) is 26.4. The molecule has 0 spiro atoms. The first-order chi connectivity index (χ1) is 48.2. The van der Waals surface area contributed by atoms with Crippen LogP contribution in [0.3, 0.4) is 0 Å². The summed E-state index contributed by atoms with van der Waals surface area (Å²) < 4.78 is 23.8. The fraction of sp³-hybridized carbons (Fsp3) is 0.630. The van der Waals surface area contributed by atoms with E-state index in [1.807, 2.05) is 32.9 Å². The van der Waals surface area contributed by atoms with E-state index in [4.69, 9.17) is 14.2 Å². The van der Waals surface area contributed by atoms with Crippen LogP contribution < -0.4 is 16.0 Å². The number of fused-ring (bicyclic) bond motifs is 9. The lowest BCUT2D eigenvalue weighted by molar-refractivity contribution is -0.125. The number of likely N-dealkylation sites (tertiary alicyclic amines) is 3. The number of hydrogen-bond acceptors (Lipinski definition) is 9. The molecule has 9 heterocycles. The van der Waals surface area contributed by atoms with Crippen LogP contribution in [0, 0.1) is 53.3 Å². The number of rotatable bonds is 12. The molecule has 3 saturated carbocycles. The number of carbonyl (C=O) groups excluding carboxylic acids is 6. The molecule has 3 aromatic carbocycles. The maximum absolute atomic E-state index is 13.4. The topological polar surface area (TPSA) is 191 Å². The number of aromatic nitrogens is 3. The van der Waals surface area contributed by atoms with Gasteiger partial charge in [0.15, 0.2) is 0 Å². The number of nitrogens with zero attached hydrogens (tertiary/aromatic N) is 6. The zero-order valence-corrected chi connectivity index (χ0v) is 58.9. The quantitative estimate of drug-likeness (QED) is 0.107. The molecule has 99 heavy (non-hydrogen) atoms. The molecular formula is C81H105N9O9. The highest BCUT2D eigenvalue weighted by atomic mass is 16.5. The number of hydrogen-bond donors (Lipinski definition) is 3. The summed E-state index contributed by atoms with van der Waals surface area (Å²) in [7, 11) is 6.50. The molecule has 12 aliphatic rings. The van der Waals surface area contributed by atoms with Crippen molar-refractivity contribution in [1.29, 1.82) is 0 Å². The van der Waals surface area contributed by atoms with Gasteiger partial charge < -0.3 is 58.6 Å². The van der Waals surface area contributed by atoms with Gasteiger partial charge in [0.25, 0.3) is 17.7 Å². The zero-order valence-electron chi connectivity index (χ0n) is 58.9. The van der Waals surface area contributed by atoms with E-state index in [2.05, 4.69) is 87.2 Å². The van der Waals surface area contributed by atoms with Gasteiger partial charge in [0.05, 0.1) is 17.8 Å². The summed E-state index contributed by atoms with van der Waals surface area (Å²) in [5, 5.41) is 13.0. The standard InChI is InChI=1S/3C27H35N3O3/c3*1-29-24-6-2-18(17-9-12-33-13-10-17)14-22(24)23-15-19(3-7-25(23)29)27(32)30-11-8-20(16-30)26(31)28-21-4-5-21/h3*3,7,15,17-18,20-21H,2,4-6,8-14,16H2,1H3,(H,28,31)/t3*18?,20-/m111/s1. The van der Waals surface area contributed by atoms with Crippen LogP contribution in [0.25, 0.3) is 32.7 Å². The van der Waals surface area contributed by atoms with Gasteiger partial charge in [-0.25, -0.2) is 0 Å². The summed E-state index contributed by atoms with van der Waals surface area (Å²) in [6.45, 7) is 9.01. The van der Waals surface area contributed by atoms with Crippen molar-refractivity contribution < 1.29 is 43.0 Å². The summed E-state index contributed by atoms with van der Waals surface area (Å²) in [4.78, 5) is 83.0. The first kappa shape index (κ1) is 66.5. The van der Waals surface area contributed by atoms with Gasteiger partial charge in [-0.2, -0.15) is 0 Å².